The predicted molar refractivity (Wildman–Crippen MR) is 76.8 cm³/mol. The Bertz CT molecular complexity index is 521. The highest BCUT2D eigenvalue weighted by Crippen LogP contribution is 2.07. The third kappa shape index (κ3) is 4.72. The molecule has 2 rings (SSSR count). The van der Waals surface area contributed by atoms with E-state index in [9.17, 15) is 4.79 Å². The SMILES string of the molecule is Nc1ccc(CCC(=O)NCCCn2ccnn2)cc1. The second kappa shape index (κ2) is 7.28. The first-order chi connectivity index (χ1) is 9.74. The van der Waals surface area contributed by atoms with Gasteiger partial charge in [0.2, 0.25) is 5.91 Å². The quantitative estimate of drug-likeness (QED) is 0.582. The highest BCUT2D eigenvalue weighted by atomic mass is 16.1. The molecule has 0 saturated heterocycles. The van der Waals surface area contributed by atoms with Gasteiger partial charge in [0.05, 0.1) is 6.20 Å². The molecule has 0 radical (unpaired) electrons. The Morgan fingerprint density at radius 1 is 1.30 bits per heavy atom. The van der Waals surface area contributed by atoms with Crippen LogP contribution >= 0.6 is 0 Å². The van der Waals surface area contributed by atoms with Crippen molar-refractivity contribution >= 4 is 11.6 Å². The van der Waals surface area contributed by atoms with E-state index in [2.05, 4.69) is 15.6 Å². The summed E-state index contributed by atoms with van der Waals surface area (Å²) in [5.41, 5.74) is 7.48. The summed E-state index contributed by atoms with van der Waals surface area (Å²) in [6.07, 6.45) is 5.52. The van der Waals surface area contributed by atoms with Gasteiger partial charge in [-0.1, -0.05) is 17.3 Å². The molecule has 0 saturated carbocycles. The molecule has 1 amide bonds. The number of nitrogens with two attached hydrogens (primary N) is 1. The fourth-order valence-electron chi connectivity index (χ4n) is 1.85. The van der Waals surface area contributed by atoms with Gasteiger partial charge in [-0.05, 0) is 30.5 Å². The summed E-state index contributed by atoms with van der Waals surface area (Å²) < 4.78 is 1.75. The second-order valence-electron chi connectivity index (χ2n) is 4.61. The molecule has 20 heavy (non-hydrogen) atoms. The molecule has 6 nitrogen and oxygen atoms in total. The summed E-state index contributed by atoms with van der Waals surface area (Å²) in [5.74, 6) is 0.0698. The van der Waals surface area contributed by atoms with Crippen LogP contribution in [0.5, 0.6) is 0 Å². The molecule has 0 fully saturated rings. The number of amides is 1. The Morgan fingerprint density at radius 2 is 2.10 bits per heavy atom. The smallest absolute Gasteiger partial charge is 0.220 e. The van der Waals surface area contributed by atoms with Gasteiger partial charge in [0, 0.05) is 31.4 Å². The Balaban J connectivity index is 1.59. The van der Waals surface area contributed by atoms with Crippen molar-refractivity contribution in [2.45, 2.75) is 25.8 Å². The molecular formula is C14H19N5O. The lowest BCUT2D eigenvalue weighted by Gasteiger charge is -2.05. The Hall–Kier alpha value is -2.37. The van der Waals surface area contributed by atoms with Crippen LogP contribution in [-0.2, 0) is 17.8 Å². The number of carbonyl (C=O) groups excluding carboxylic acids is 1. The van der Waals surface area contributed by atoms with Crippen molar-refractivity contribution in [3.8, 4) is 0 Å². The zero-order valence-corrected chi connectivity index (χ0v) is 11.3. The minimum atomic E-state index is 0.0698. The molecule has 0 unspecified atom stereocenters. The fourth-order valence-corrected chi connectivity index (χ4v) is 1.85. The van der Waals surface area contributed by atoms with Crippen molar-refractivity contribution in [2.24, 2.45) is 0 Å². The number of rotatable bonds is 7. The number of aryl methyl sites for hydroxylation is 2. The minimum Gasteiger partial charge on any atom is -0.399 e. The number of nitrogens with zero attached hydrogens (tertiary/aromatic N) is 3. The monoisotopic (exact) mass is 273 g/mol. The van der Waals surface area contributed by atoms with Crippen molar-refractivity contribution < 1.29 is 4.79 Å². The molecule has 2 aromatic rings. The maximum Gasteiger partial charge on any atom is 0.220 e. The highest BCUT2D eigenvalue weighted by molar-refractivity contribution is 5.76. The van der Waals surface area contributed by atoms with E-state index in [1.54, 1.807) is 10.9 Å². The van der Waals surface area contributed by atoms with Gasteiger partial charge < -0.3 is 11.1 Å². The van der Waals surface area contributed by atoms with Crippen molar-refractivity contribution in [3.63, 3.8) is 0 Å². The summed E-state index contributed by atoms with van der Waals surface area (Å²) in [6.45, 7) is 1.42. The molecule has 6 heteroatoms. The van der Waals surface area contributed by atoms with Crippen molar-refractivity contribution in [1.29, 1.82) is 0 Å². The highest BCUT2D eigenvalue weighted by Gasteiger charge is 2.02. The maximum absolute atomic E-state index is 11.7. The average Bonchev–Trinajstić information content (AvgIpc) is 2.96. The Labute approximate surface area is 118 Å². The van der Waals surface area contributed by atoms with Crippen molar-refractivity contribution in [1.82, 2.24) is 20.3 Å². The Kier molecular flexibility index (Phi) is 5.11. The van der Waals surface area contributed by atoms with Crippen LogP contribution in [-0.4, -0.2) is 27.4 Å². The van der Waals surface area contributed by atoms with Crippen LogP contribution in [0.2, 0.25) is 0 Å². The standard InChI is InChI=1S/C14H19N5O/c15-13-5-2-12(3-6-13)4-7-14(20)16-8-1-10-19-11-9-17-18-19/h2-3,5-6,9,11H,1,4,7-8,10,15H2,(H,16,20). The molecule has 0 aliphatic heterocycles. The van der Waals surface area contributed by atoms with Crippen molar-refractivity contribution in [3.05, 3.63) is 42.2 Å². The first-order valence-electron chi connectivity index (χ1n) is 6.69. The zero-order chi connectivity index (χ0) is 14.2. The van der Waals surface area contributed by atoms with Crippen molar-refractivity contribution in [2.75, 3.05) is 12.3 Å². The van der Waals surface area contributed by atoms with Crippen LogP contribution in [0.1, 0.15) is 18.4 Å². The van der Waals surface area contributed by atoms with E-state index < -0.39 is 0 Å². The lowest BCUT2D eigenvalue weighted by atomic mass is 10.1. The van der Waals surface area contributed by atoms with Gasteiger partial charge in [0.15, 0.2) is 0 Å². The molecule has 1 aromatic heterocycles. The first kappa shape index (κ1) is 14.0. The summed E-state index contributed by atoms with van der Waals surface area (Å²) in [5, 5.41) is 10.5. The van der Waals surface area contributed by atoms with E-state index in [4.69, 9.17) is 5.73 Å². The lowest BCUT2D eigenvalue weighted by molar-refractivity contribution is -0.121. The average molecular weight is 273 g/mol. The van der Waals surface area contributed by atoms with Crippen LogP contribution in [0.3, 0.4) is 0 Å². The molecular weight excluding hydrogens is 254 g/mol. The summed E-state index contributed by atoms with van der Waals surface area (Å²) in [6, 6.07) is 7.61. The van der Waals surface area contributed by atoms with E-state index in [0.29, 0.717) is 13.0 Å². The molecule has 106 valence electrons. The summed E-state index contributed by atoms with van der Waals surface area (Å²) in [4.78, 5) is 11.7. The fraction of sp³-hybridized carbons (Fsp3) is 0.357. The number of anilines is 1. The number of benzene rings is 1. The van der Waals surface area contributed by atoms with Crippen LogP contribution in [0.15, 0.2) is 36.7 Å². The third-order valence-corrected chi connectivity index (χ3v) is 2.98. The molecule has 0 aliphatic rings. The normalized spacial score (nSPS) is 10.4. The summed E-state index contributed by atoms with van der Waals surface area (Å²) in [7, 11) is 0. The van der Waals surface area contributed by atoms with E-state index in [1.165, 1.54) is 0 Å². The van der Waals surface area contributed by atoms with E-state index in [1.807, 2.05) is 30.5 Å². The molecule has 0 atom stereocenters. The topological polar surface area (TPSA) is 85.8 Å². The number of hydrogen-bond acceptors (Lipinski definition) is 4. The lowest BCUT2D eigenvalue weighted by Crippen LogP contribution is -2.25. The van der Waals surface area contributed by atoms with Gasteiger partial charge in [-0.15, -0.1) is 5.10 Å². The van der Waals surface area contributed by atoms with E-state index in [-0.39, 0.29) is 5.91 Å². The van der Waals surface area contributed by atoms with Gasteiger partial charge in [-0.2, -0.15) is 0 Å². The molecule has 0 spiro atoms. The molecule has 1 aromatic carbocycles. The van der Waals surface area contributed by atoms with Gasteiger partial charge in [-0.25, -0.2) is 0 Å². The molecule has 3 N–H and O–H groups in total. The zero-order valence-electron chi connectivity index (χ0n) is 11.3. The maximum atomic E-state index is 11.7. The number of aromatic nitrogens is 3. The first-order valence-corrected chi connectivity index (χ1v) is 6.69. The van der Waals surface area contributed by atoms with E-state index in [0.717, 1.165) is 30.6 Å². The minimum absolute atomic E-state index is 0.0698. The number of hydrogen-bond donors (Lipinski definition) is 2. The third-order valence-electron chi connectivity index (χ3n) is 2.98. The molecule has 0 bridgehead atoms. The summed E-state index contributed by atoms with van der Waals surface area (Å²) >= 11 is 0. The van der Waals surface area contributed by atoms with Gasteiger partial charge in [0.1, 0.15) is 0 Å². The number of nitrogens with one attached hydrogen (secondary N) is 1. The molecule has 0 aliphatic carbocycles. The predicted octanol–water partition coefficient (Wildman–Crippen LogP) is 0.999. The van der Waals surface area contributed by atoms with E-state index >= 15 is 0 Å². The van der Waals surface area contributed by atoms with Gasteiger partial charge in [0.25, 0.3) is 0 Å². The van der Waals surface area contributed by atoms with Crippen LogP contribution in [0.25, 0.3) is 0 Å². The second-order valence-corrected chi connectivity index (χ2v) is 4.61. The van der Waals surface area contributed by atoms with Crippen LogP contribution < -0.4 is 11.1 Å². The number of carbonyl (C=O) groups is 1. The molecule has 1 heterocycles. The Morgan fingerprint density at radius 3 is 2.80 bits per heavy atom. The van der Waals surface area contributed by atoms with Crippen LogP contribution in [0.4, 0.5) is 5.69 Å². The number of nitrogen functional groups attached to an aromatic ring is 1. The van der Waals surface area contributed by atoms with Crippen LogP contribution in [0, 0.1) is 0 Å². The van der Waals surface area contributed by atoms with Gasteiger partial charge in [-0.3, -0.25) is 9.48 Å². The largest absolute Gasteiger partial charge is 0.399 e. The van der Waals surface area contributed by atoms with Gasteiger partial charge >= 0.3 is 0 Å².